The smallest absolute Gasteiger partial charge is 0.323 e. The maximum absolute atomic E-state index is 12.4. The van der Waals surface area contributed by atoms with Crippen molar-refractivity contribution in [2.75, 3.05) is 0 Å². The van der Waals surface area contributed by atoms with E-state index in [2.05, 4.69) is 0 Å². The summed E-state index contributed by atoms with van der Waals surface area (Å²) in [6.07, 6.45) is -2.01. The molecule has 1 rings (SSSR count). The van der Waals surface area contributed by atoms with Crippen molar-refractivity contribution in [1.82, 2.24) is 4.98 Å². The van der Waals surface area contributed by atoms with Gasteiger partial charge in [0.1, 0.15) is 5.56 Å². The standard InChI is InChI=1S/C7H6F2N2O3/c1-3-2-10-7(12)5(11(13)14)4(3)6(8)9/h2,6H,1H3,(H,10,12). The van der Waals surface area contributed by atoms with E-state index in [1.54, 1.807) is 0 Å². The molecule has 0 aliphatic heterocycles. The van der Waals surface area contributed by atoms with Gasteiger partial charge in [0.05, 0.1) is 4.92 Å². The summed E-state index contributed by atoms with van der Waals surface area (Å²) in [4.78, 5) is 22.2. The lowest BCUT2D eigenvalue weighted by molar-refractivity contribution is -0.387. The van der Waals surface area contributed by atoms with Gasteiger partial charge in [0.15, 0.2) is 0 Å². The molecule has 7 heteroatoms. The SMILES string of the molecule is Cc1c[nH]c(=O)c([N+](=O)[O-])c1C(F)F. The van der Waals surface area contributed by atoms with Crippen LogP contribution < -0.4 is 5.56 Å². The quantitative estimate of drug-likeness (QED) is 0.586. The highest BCUT2D eigenvalue weighted by Crippen LogP contribution is 2.27. The van der Waals surface area contributed by atoms with Gasteiger partial charge in [-0.3, -0.25) is 14.9 Å². The third-order valence-electron chi connectivity index (χ3n) is 1.72. The monoisotopic (exact) mass is 204 g/mol. The summed E-state index contributed by atoms with van der Waals surface area (Å²) in [5, 5.41) is 10.4. The molecule has 0 atom stereocenters. The zero-order chi connectivity index (χ0) is 10.9. The predicted octanol–water partition coefficient (Wildman–Crippen LogP) is 1.53. The number of nitro groups is 1. The minimum absolute atomic E-state index is 0.00806. The van der Waals surface area contributed by atoms with E-state index in [1.807, 2.05) is 4.98 Å². The molecule has 0 spiro atoms. The first kappa shape index (κ1) is 10.3. The molecule has 0 saturated heterocycles. The van der Waals surface area contributed by atoms with Crippen molar-refractivity contribution < 1.29 is 13.7 Å². The first-order valence-corrected chi connectivity index (χ1v) is 3.60. The normalized spacial score (nSPS) is 10.6. The molecular formula is C7H6F2N2O3. The Morgan fingerprint density at radius 1 is 1.57 bits per heavy atom. The Balaban J connectivity index is 3.58. The lowest BCUT2D eigenvalue weighted by Gasteiger charge is -2.03. The van der Waals surface area contributed by atoms with Gasteiger partial charge in [-0.25, -0.2) is 8.78 Å². The molecule has 0 saturated carbocycles. The van der Waals surface area contributed by atoms with Crippen molar-refractivity contribution in [2.45, 2.75) is 13.3 Å². The van der Waals surface area contributed by atoms with Gasteiger partial charge in [-0.05, 0) is 12.5 Å². The molecule has 76 valence electrons. The summed E-state index contributed by atoms with van der Waals surface area (Å²) in [6, 6.07) is 0. The van der Waals surface area contributed by atoms with Crippen LogP contribution in [0.5, 0.6) is 0 Å². The van der Waals surface area contributed by atoms with Crippen molar-refractivity contribution in [3.8, 4) is 0 Å². The van der Waals surface area contributed by atoms with Gasteiger partial charge < -0.3 is 4.98 Å². The molecule has 0 aliphatic carbocycles. The molecule has 1 N–H and O–H groups in total. The number of hydrogen-bond donors (Lipinski definition) is 1. The fraction of sp³-hybridized carbons (Fsp3) is 0.286. The molecule has 1 aromatic heterocycles. The van der Waals surface area contributed by atoms with Gasteiger partial charge in [-0.15, -0.1) is 0 Å². The van der Waals surface area contributed by atoms with Crippen LogP contribution in [0.4, 0.5) is 14.5 Å². The zero-order valence-corrected chi connectivity index (χ0v) is 7.08. The van der Waals surface area contributed by atoms with E-state index in [0.29, 0.717) is 0 Å². The summed E-state index contributed by atoms with van der Waals surface area (Å²) in [5.74, 6) is 0. The van der Waals surface area contributed by atoms with Crippen molar-refractivity contribution in [3.63, 3.8) is 0 Å². The second-order valence-corrected chi connectivity index (χ2v) is 2.62. The third kappa shape index (κ3) is 1.61. The highest BCUT2D eigenvalue weighted by atomic mass is 19.3. The molecule has 14 heavy (non-hydrogen) atoms. The summed E-state index contributed by atoms with van der Waals surface area (Å²) < 4.78 is 24.7. The van der Waals surface area contributed by atoms with E-state index in [9.17, 15) is 23.7 Å². The number of nitrogens with zero attached hydrogens (tertiary/aromatic N) is 1. The molecule has 0 amide bonds. The first-order chi connectivity index (χ1) is 6.45. The van der Waals surface area contributed by atoms with E-state index in [-0.39, 0.29) is 5.56 Å². The third-order valence-corrected chi connectivity index (χ3v) is 1.72. The van der Waals surface area contributed by atoms with Crippen LogP contribution in [0.25, 0.3) is 0 Å². The number of aromatic amines is 1. The van der Waals surface area contributed by atoms with Crippen molar-refractivity contribution in [2.24, 2.45) is 0 Å². The molecule has 0 radical (unpaired) electrons. The van der Waals surface area contributed by atoms with Gasteiger partial charge in [0, 0.05) is 6.20 Å². The van der Waals surface area contributed by atoms with E-state index in [1.165, 1.54) is 6.92 Å². The Bertz CT molecular complexity index is 427. The number of pyridine rings is 1. The number of H-pyrrole nitrogens is 1. The number of halogens is 2. The van der Waals surface area contributed by atoms with Crippen molar-refractivity contribution in [3.05, 3.63) is 37.8 Å². The van der Waals surface area contributed by atoms with Crippen LogP contribution in [0.15, 0.2) is 11.0 Å². The average Bonchev–Trinajstić information content (AvgIpc) is 2.07. The van der Waals surface area contributed by atoms with Crippen LogP contribution in [0, 0.1) is 17.0 Å². The largest absolute Gasteiger partial charge is 0.343 e. The minimum Gasteiger partial charge on any atom is -0.323 e. The number of rotatable bonds is 2. The second-order valence-electron chi connectivity index (χ2n) is 2.62. The molecule has 1 heterocycles. The summed E-state index contributed by atoms with van der Waals surface area (Å²) in [6.45, 7) is 1.27. The fourth-order valence-corrected chi connectivity index (χ4v) is 1.09. The van der Waals surface area contributed by atoms with Gasteiger partial charge in [-0.1, -0.05) is 0 Å². The molecule has 0 aliphatic rings. The summed E-state index contributed by atoms with van der Waals surface area (Å²) in [5.41, 5.74) is -3.03. The van der Waals surface area contributed by atoms with Crippen LogP contribution in [0.2, 0.25) is 0 Å². The molecule has 0 unspecified atom stereocenters. The van der Waals surface area contributed by atoms with Crippen molar-refractivity contribution in [1.29, 1.82) is 0 Å². The number of nitrogens with one attached hydrogen (secondary N) is 1. The Morgan fingerprint density at radius 2 is 2.14 bits per heavy atom. The van der Waals surface area contributed by atoms with Crippen LogP contribution >= 0.6 is 0 Å². The number of alkyl halides is 2. The highest BCUT2D eigenvalue weighted by Gasteiger charge is 2.27. The van der Waals surface area contributed by atoms with Gasteiger partial charge in [-0.2, -0.15) is 0 Å². The van der Waals surface area contributed by atoms with Crippen LogP contribution in [-0.4, -0.2) is 9.91 Å². The van der Waals surface area contributed by atoms with Gasteiger partial charge >= 0.3 is 11.2 Å². The summed E-state index contributed by atoms with van der Waals surface area (Å²) >= 11 is 0. The van der Waals surface area contributed by atoms with Crippen molar-refractivity contribution >= 4 is 5.69 Å². The maximum Gasteiger partial charge on any atom is 0.343 e. The lowest BCUT2D eigenvalue weighted by Crippen LogP contribution is -2.15. The molecule has 1 aromatic rings. The zero-order valence-electron chi connectivity index (χ0n) is 7.08. The van der Waals surface area contributed by atoms with E-state index < -0.39 is 28.2 Å². The van der Waals surface area contributed by atoms with E-state index in [0.717, 1.165) is 6.20 Å². The second kappa shape index (κ2) is 3.52. The average molecular weight is 204 g/mol. The summed E-state index contributed by atoms with van der Waals surface area (Å²) in [7, 11) is 0. The minimum atomic E-state index is -3.03. The van der Waals surface area contributed by atoms with Crippen LogP contribution in [-0.2, 0) is 0 Å². The maximum atomic E-state index is 12.4. The molecular weight excluding hydrogens is 198 g/mol. The Hall–Kier alpha value is -1.79. The van der Waals surface area contributed by atoms with Crippen LogP contribution in [0.1, 0.15) is 17.6 Å². The molecule has 5 nitrogen and oxygen atoms in total. The van der Waals surface area contributed by atoms with Crippen LogP contribution in [0.3, 0.4) is 0 Å². The molecule has 0 aromatic carbocycles. The fourth-order valence-electron chi connectivity index (χ4n) is 1.09. The van der Waals surface area contributed by atoms with Gasteiger partial charge in [0.25, 0.3) is 6.43 Å². The topological polar surface area (TPSA) is 76.0 Å². The van der Waals surface area contributed by atoms with Gasteiger partial charge in [0.2, 0.25) is 0 Å². The highest BCUT2D eigenvalue weighted by molar-refractivity contribution is 5.42. The number of aromatic nitrogens is 1. The Kier molecular flexibility index (Phi) is 2.59. The number of hydrogen-bond acceptors (Lipinski definition) is 3. The van der Waals surface area contributed by atoms with E-state index >= 15 is 0 Å². The Morgan fingerprint density at radius 3 is 2.50 bits per heavy atom. The predicted molar refractivity (Wildman–Crippen MR) is 43.4 cm³/mol. The Labute approximate surface area is 76.5 Å². The van der Waals surface area contributed by atoms with E-state index in [4.69, 9.17) is 0 Å². The number of aryl methyl sites for hydroxylation is 1. The molecule has 0 fully saturated rings. The lowest BCUT2D eigenvalue weighted by atomic mass is 10.1. The first-order valence-electron chi connectivity index (χ1n) is 3.60. The molecule has 0 bridgehead atoms.